The molecule has 0 spiro atoms. The molecule has 0 amide bonds. The summed E-state index contributed by atoms with van der Waals surface area (Å²) in [6.07, 6.45) is 8.70. The van der Waals surface area contributed by atoms with Gasteiger partial charge in [0, 0.05) is 6.21 Å². The van der Waals surface area contributed by atoms with E-state index in [1.165, 1.54) is 0 Å². The summed E-state index contributed by atoms with van der Waals surface area (Å²) in [5, 5.41) is 9.04. The van der Waals surface area contributed by atoms with Crippen LogP contribution in [0.2, 0.25) is 0 Å². The van der Waals surface area contributed by atoms with Gasteiger partial charge in [-0.15, -0.1) is 0 Å². The first-order valence-corrected chi connectivity index (χ1v) is 5.13. The second-order valence-corrected chi connectivity index (χ2v) is 3.80. The molecule has 84 valence electrons. The van der Waals surface area contributed by atoms with Crippen LogP contribution >= 0.6 is 0 Å². The van der Waals surface area contributed by atoms with E-state index in [2.05, 4.69) is 4.99 Å². The Morgan fingerprint density at radius 1 is 1.56 bits per heavy atom. The SMILES string of the molecule is COC1=CC2CC=NC(C(=O)O)=C(C=C1)C2. The number of methoxy groups -OCH3 is 1. The lowest BCUT2D eigenvalue weighted by molar-refractivity contribution is -0.132. The van der Waals surface area contributed by atoms with Gasteiger partial charge in [-0.05, 0) is 36.5 Å². The van der Waals surface area contributed by atoms with Gasteiger partial charge in [0.25, 0.3) is 0 Å². The van der Waals surface area contributed by atoms with Gasteiger partial charge in [-0.2, -0.15) is 0 Å². The summed E-state index contributed by atoms with van der Waals surface area (Å²) in [4.78, 5) is 15.0. The number of rotatable bonds is 2. The molecule has 0 radical (unpaired) electrons. The number of hydrogen-bond acceptors (Lipinski definition) is 3. The monoisotopic (exact) mass is 219 g/mol. The first-order chi connectivity index (χ1) is 7.70. The Bertz CT molecular complexity index is 430. The smallest absolute Gasteiger partial charge is 0.354 e. The Balaban J connectivity index is 2.43. The number of hydrogen-bond donors (Lipinski definition) is 1. The lowest BCUT2D eigenvalue weighted by Crippen LogP contribution is -2.01. The number of fused-ring (bicyclic) bond motifs is 2. The van der Waals surface area contributed by atoms with E-state index >= 15 is 0 Å². The minimum Gasteiger partial charge on any atom is -0.497 e. The van der Waals surface area contributed by atoms with Crippen molar-refractivity contribution in [2.45, 2.75) is 12.8 Å². The molecule has 0 saturated heterocycles. The maximum Gasteiger partial charge on any atom is 0.354 e. The molecule has 1 atom stereocenters. The number of carbonyl (C=O) groups is 1. The van der Waals surface area contributed by atoms with Gasteiger partial charge in [0.1, 0.15) is 5.76 Å². The minimum atomic E-state index is -0.975. The van der Waals surface area contributed by atoms with E-state index in [4.69, 9.17) is 9.84 Å². The molecule has 4 nitrogen and oxygen atoms in total. The molecule has 0 aromatic heterocycles. The van der Waals surface area contributed by atoms with Gasteiger partial charge in [0.2, 0.25) is 0 Å². The van der Waals surface area contributed by atoms with Crippen LogP contribution in [0, 0.1) is 5.92 Å². The Hall–Kier alpha value is -1.84. The molecule has 1 aliphatic carbocycles. The first-order valence-electron chi connectivity index (χ1n) is 5.13. The third-order valence-electron chi connectivity index (χ3n) is 2.70. The van der Waals surface area contributed by atoms with Crippen molar-refractivity contribution in [2.24, 2.45) is 10.9 Å². The zero-order valence-corrected chi connectivity index (χ0v) is 9.01. The van der Waals surface area contributed by atoms with Crippen molar-refractivity contribution in [3.63, 3.8) is 0 Å². The van der Waals surface area contributed by atoms with Crippen LogP contribution < -0.4 is 0 Å². The molecule has 1 aliphatic heterocycles. The van der Waals surface area contributed by atoms with Crippen molar-refractivity contribution in [2.75, 3.05) is 7.11 Å². The van der Waals surface area contributed by atoms with Gasteiger partial charge in [-0.1, -0.05) is 6.08 Å². The highest BCUT2D eigenvalue weighted by Crippen LogP contribution is 2.28. The van der Waals surface area contributed by atoms with E-state index < -0.39 is 5.97 Å². The Morgan fingerprint density at radius 3 is 3.06 bits per heavy atom. The van der Waals surface area contributed by atoms with E-state index in [0.717, 1.165) is 17.8 Å². The Labute approximate surface area is 93.6 Å². The summed E-state index contributed by atoms with van der Waals surface area (Å²) in [5.41, 5.74) is 0.902. The minimum absolute atomic E-state index is 0.143. The molecule has 16 heavy (non-hydrogen) atoms. The zero-order chi connectivity index (χ0) is 11.5. The number of aliphatic imine (C=N–C) groups is 1. The van der Waals surface area contributed by atoms with E-state index in [9.17, 15) is 4.79 Å². The van der Waals surface area contributed by atoms with Gasteiger partial charge < -0.3 is 9.84 Å². The van der Waals surface area contributed by atoms with Crippen LogP contribution in [0.4, 0.5) is 0 Å². The molecule has 0 saturated carbocycles. The fourth-order valence-electron chi connectivity index (χ4n) is 1.90. The quantitative estimate of drug-likeness (QED) is 0.771. The molecule has 2 rings (SSSR count). The highest BCUT2D eigenvalue weighted by molar-refractivity contribution is 5.90. The van der Waals surface area contributed by atoms with E-state index in [1.54, 1.807) is 25.5 Å². The van der Waals surface area contributed by atoms with Gasteiger partial charge >= 0.3 is 5.97 Å². The normalized spacial score (nSPS) is 23.6. The molecule has 1 unspecified atom stereocenters. The molecule has 2 aliphatic rings. The van der Waals surface area contributed by atoms with Crippen LogP contribution in [0.3, 0.4) is 0 Å². The fraction of sp³-hybridized carbons (Fsp3) is 0.333. The zero-order valence-electron chi connectivity index (χ0n) is 9.01. The molecule has 1 N–H and O–H groups in total. The average Bonchev–Trinajstić information content (AvgIpc) is 2.58. The molecule has 2 bridgehead atoms. The van der Waals surface area contributed by atoms with E-state index in [1.807, 2.05) is 6.08 Å². The highest BCUT2D eigenvalue weighted by atomic mass is 16.5. The summed E-state index contributed by atoms with van der Waals surface area (Å²) in [6, 6.07) is 0. The Kier molecular flexibility index (Phi) is 2.90. The summed E-state index contributed by atoms with van der Waals surface area (Å²) >= 11 is 0. The first kappa shape index (κ1) is 10.7. The molecular formula is C12H13NO3. The van der Waals surface area contributed by atoms with Crippen molar-refractivity contribution < 1.29 is 14.6 Å². The number of aliphatic carboxylic acids is 1. The van der Waals surface area contributed by atoms with Crippen molar-refractivity contribution in [1.29, 1.82) is 0 Å². The molecule has 0 aromatic carbocycles. The topological polar surface area (TPSA) is 58.9 Å². The van der Waals surface area contributed by atoms with Crippen LogP contribution in [0.5, 0.6) is 0 Å². The lowest BCUT2D eigenvalue weighted by atomic mass is 9.97. The third kappa shape index (κ3) is 2.05. The molecular weight excluding hydrogens is 206 g/mol. The molecule has 1 heterocycles. The maximum atomic E-state index is 11.0. The van der Waals surface area contributed by atoms with Crippen molar-refractivity contribution >= 4 is 12.2 Å². The van der Waals surface area contributed by atoms with Crippen LogP contribution in [0.25, 0.3) is 0 Å². The van der Waals surface area contributed by atoms with Gasteiger partial charge in [-0.3, -0.25) is 4.99 Å². The molecule has 0 aromatic rings. The summed E-state index contributed by atoms with van der Waals surface area (Å²) in [6.45, 7) is 0. The summed E-state index contributed by atoms with van der Waals surface area (Å²) in [5.74, 6) is 0.0676. The number of carboxylic acids is 1. The second kappa shape index (κ2) is 4.35. The standard InChI is InChI=1S/C12H13NO3/c1-16-10-3-2-9-6-8(7-10)4-5-13-11(9)12(14)15/h2-3,5,7-8H,4,6H2,1H3,(H,14,15). The van der Waals surface area contributed by atoms with Crippen LogP contribution in [0.1, 0.15) is 12.8 Å². The summed E-state index contributed by atoms with van der Waals surface area (Å²) in [7, 11) is 1.61. The van der Waals surface area contributed by atoms with Crippen LogP contribution in [-0.2, 0) is 9.53 Å². The Morgan fingerprint density at radius 2 is 2.38 bits per heavy atom. The van der Waals surface area contributed by atoms with Crippen LogP contribution in [-0.4, -0.2) is 24.4 Å². The number of carboxylic acid groups (broad SMARTS) is 1. The second-order valence-electron chi connectivity index (χ2n) is 3.80. The van der Waals surface area contributed by atoms with Gasteiger partial charge in [0.05, 0.1) is 7.11 Å². The van der Waals surface area contributed by atoms with Crippen LogP contribution in [0.15, 0.2) is 40.2 Å². The highest BCUT2D eigenvalue weighted by Gasteiger charge is 2.20. The third-order valence-corrected chi connectivity index (χ3v) is 2.70. The average molecular weight is 219 g/mol. The number of nitrogens with zero attached hydrogens (tertiary/aromatic N) is 1. The predicted molar refractivity (Wildman–Crippen MR) is 60.1 cm³/mol. The van der Waals surface area contributed by atoms with Crippen molar-refractivity contribution in [3.8, 4) is 0 Å². The van der Waals surface area contributed by atoms with E-state index in [-0.39, 0.29) is 11.6 Å². The van der Waals surface area contributed by atoms with Gasteiger partial charge in [-0.25, -0.2) is 4.79 Å². The van der Waals surface area contributed by atoms with Crippen molar-refractivity contribution in [1.82, 2.24) is 0 Å². The van der Waals surface area contributed by atoms with Gasteiger partial charge in [0.15, 0.2) is 5.70 Å². The fourth-order valence-corrected chi connectivity index (χ4v) is 1.90. The lowest BCUT2D eigenvalue weighted by Gasteiger charge is -2.07. The largest absolute Gasteiger partial charge is 0.497 e. The molecule has 0 fully saturated rings. The summed E-state index contributed by atoms with van der Waals surface area (Å²) < 4.78 is 5.18. The number of ether oxygens (including phenoxy) is 1. The van der Waals surface area contributed by atoms with Crippen molar-refractivity contribution in [3.05, 3.63) is 35.3 Å². The number of allylic oxidation sites excluding steroid dienone is 4. The maximum absolute atomic E-state index is 11.0. The molecule has 4 heteroatoms. The van der Waals surface area contributed by atoms with E-state index in [0.29, 0.717) is 6.42 Å². The predicted octanol–water partition coefficient (Wildman–Crippen LogP) is 1.91.